The molecule has 1 N–H and O–H groups in total. The molecule has 3 aromatic carbocycles. The van der Waals surface area contributed by atoms with Crippen LogP contribution in [0, 0.1) is 13.8 Å². The number of oxazole rings is 1. The molecule has 0 bridgehead atoms. The molecule has 4 aromatic rings. The summed E-state index contributed by atoms with van der Waals surface area (Å²) in [5, 5.41) is 2.95. The number of anilines is 1. The quantitative estimate of drug-likeness (QED) is 0.436. The Bertz CT molecular complexity index is 1130. The van der Waals surface area contributed by atoms with Gasteiger partial charge in [0.05, 0.1) is 5.75 Å². The van der Waals surface area contributed by atoms with Crippen LogP contribution in [0.4, 0.5) is 5.69 Å². The van der Waals surface area contributed by atoms with Crippen LogP contribution in [0.25, 0.3) is 22.6 Å². The summed E-state index contributed by atoms with van der Waals surface area (Å²) in [7, 11) is 0. The fourth-order valence-corrected chi connectivity index (χ4v) is 3.57. The predicted molar refractivity (Wildman–Crippen MR) is 115 cm³/mol. The van der Waals surface area contributed by atoms with Crippen LogP contribution in [0.2, 0.25) is 0 Å². The van der Waals surface area contributed by atoms with Crippen LogP contribution in [0.5, 0.6) is 0 Å². The van der Waals surface area contributed by atoms with Crippen molar-refractivity contribution < 1.29 is 9.21 Å². The molecule has 0 fully saturated rings. The van der Waals surface area contributed by atoms with Gasteiger partial charge in [-0.15, -0.1) is 11.8 Å². The Balaban J connectivity index is 1.45. The molecule has 1 aromatic heterocycles. The number of fused-ring (bicyclic) bond motifs is 1. The first-order valence-corrected chi connectivity index (χ1v) is 10.0. The van der Waals surface area contributed by atoms with Crippen molar-refractivity contribution in [3.05, 3.63) is 77.9 Å². The fraction of sp³-hybridized carbons (Fsp3) is 0.130. The number of amides is 1. The zero-order valence-electron chi connectivity index (χ0n) is 15.7. The summed E-state index contributed by atoms with van der Waals surface area (Å²) < 4.78 is 5.86. The van der Waals surface area contributed by atoms with Gasteiger partial charge in [-0.25, -0.2) is 4.98 Å². The lowest BCUT2D eigenvalue weighted by atomic mass is 10.2. The van der Waals surface area contributed by atoms with Gasteiger partial charge >= 0.3 is 0 Å². The Morgan fingerprint density at radius 3 is 2.61 bits per heavy atom. The second kappa shape index (κ2) is 7.90. The summed E-state index contributed by atoms with van der Waals surface area (Å²) in [5.74, 6) is 0.858. The summed E-state index contributed by atoms with van der Waals surface area (Å²) in [4.78, 5) is 18.0. The number of aryl methyl sites for hydroxylation is 2. The van der Waals surface area contributed by atoms with Crippen molar-refractivity contribution in [2.24, 2.45) is 0 Å². The number of carbonyl (C=O) groups excluding carboxylic acids is 1. The molecule has 0 aliphatic heterocycles. The molecule has 0 aliphatic carbocycles. The van der Waals surface area contributed by atoms with Crippen molar-refractivity contribution >= 4 is 34.5 Å². The van der Waals surface area contributed by atoms with Crippen molar-refractivity contribution in [3.8, 4) is 11.5 Å². The van der Waals surface area contributed by atoms with E-state index in [1.54, 1.807) is 0 Å². The van der Waals surface area contributed by atoms with E-state index in [1.165, 1.54) is 17.3 Å². The van der Waals surface area contributed by atoms with E-state index < -0.39 is 0 Å². The molecule has 0 saturated heterocycles. The third-order valence-electron chi connectivity index (χ3n) is 4.33. The maximum absolute atomic E-state index is 12.3. The Morgan fingerprint density at radius 2 is 1.79 bits per heavy atom. The number of hydrogen-bond donors (Lipinski definition) is 1. The van der Waals surface area contributed by atoms with Crippen LogP contribution >= 0.6 is 11.8 Å². The lowest BCUT2D eigenvalue weighted by molar-refractivity contribution is -0.113. The van der Waals surface area contributed by atoms with Crippen molar-refractivity contribution in [2.45, 2.75) is 18.7 Å². The topological polar surface area (TPSA) is 55.1 Å². The Hall–Kier alpha value is -3.05. The van der Waals surface area contributed by atoms with E-state index in [9.17, 15) is 4.79 Å². The molecule has 0 spiro atoms. The monoisotopic (exact) mass is 388 g/mol. The Morgan fingerprint density at radius 1 is 1.00 bits per heavy atom. The number of benzene rings is 3. The zero-order valence-corrected chi connectivity index (χ0v) is 16.5. The van der Waals surface area contributed by atoms with E-state index in [0.717, 1.165) is 32.8 Å². The predicted octanol–water partition coefficient (Wildman–Crippen LogP) is 5.84. The van der Waals surface area contributed by atoms with Gasteiger partial charge in [0.2, 0.25) is 11.8 Å². The van der Waals surface area contributed by atoms with E-state index in [2.05, 4.69) is 10.3 Å². The van der Waals surface area contributed by atoms with Crippen LogP contribution in [-0.4, -0.2) is 16.6 Å². The number of nitrogens with zero attached hydrogens (tertiary/aromatic N) is 1. The van der Waals surface area contributed by atoms with E-state index in [1.807, 2.05) is 80.6 Å². The smallest absolute Gasteiger partial charge is 0.234 e. The first-order chi connectivity index (χ1) is 13.6. The molecule has 4 rings (SSSR count). The third kappa shape index (κ3) is 4.26. The normalized spacial score (nSPS) is 10.9. The highest BCUT2D eigenvalue weighted by Gasteiger charge is 2.10. The van der Waals surface area contributed by atoms with Gasteiger partial charge in [-0.05, 0) is 61.9 Å². The molecule has 0 saturated carbocycles. The molecule has 0 atom stereocenters. The number of rotatable bonds is 5. The highest BCUT2D eigenvalue weighted by Crippen LogP contribution is 2.27. The van der Waals surface area contributed by atoms with Crippen molar-refractivity contribution in [2.75, 3.05) is 11.1 Å². The van der Waals surface area contributed by atoms with E-state index >= 15 is 0 Å². The van der Waals surface area contributed by atoms with Gasteiger partial charge in [-0.2, -0.15) is 0 Å². The van der Waals surface area contributed by atoms with E-state index in [4.69, 9.17) is 4.42 Å². The second-order valence-electron chi connectivity index (χ2n) is 6.72. The van der Waals surface area contributed by atoms with Gasteiger partial charge in [0.15, 0.2) is 5.58 Å². The molecule has 1 amide bonds. The van der Waals surface area contributed by atoms with Crippen LogP contribution < -0.4 is 5.32 Å². The maximum Gasteiger partial charge on any atom is 0.234 e. The number of aromatic nitrogens is 1. The lowest BCUT2D eigenvalue weighted by Gasteiger charge is -2.06. The molecule has 4 nitrogen and oxygen atoms in total. The van der Waals surface area contributed by atoms with Crippen LogP contribution in [0.15, 0.2) is 76.0 Å². The van der Waals surface area contributed by atoms with E-state index in [0.29, 0.717) is 11.6 Å². The lowest BCUT2D eigenvalue weighted by Crippen LogP contribution is -2.13. The molecule has 28 heavy (non-hydrogen) atoms. The second-order valence-corrected chi connectivity index (χ2v) is 7.77. The fourth-order valence-electron chi connectivity index (χ4n) is 2.87. The highest BCUT2D eigenvalue weighted by molar-refractivity contribution is 8.00. The molecule has 0 aliphatic rings. The number of thioether (sulfide) groups is 1. The highest BCUT2D eigenvalue weighted by atomic mass is 32.2. The summed E-state index contributed by atoms with van der Waals surface area (Å²) in [6.45, 7) is 4.07. The zero-order chi connectivity index (χ0) is 19.5. The van der Waals surface area contributed by atoms with Gasteiger partial charge in [-0.1, -0.05) is 29.8 Å². The van der Waals surface area contributed by atoms with Gasteiger partial charge in [0, 0.05) is 16.1 Å². The first kappa shape index (κ1) is 18.3. The van der Waals surface area contributed by atoms with Gasteiger partial charge in [0.25, 0.3) is 0 Å². The minimum absolute atomic E-state index is 0.0454. The van der Waals surface area contributed by atoms with Gasteiger partial charge < -0.3 is 9.73 Å². The average Bonchev–Trinajstić information content (AvgIpc) is 3.11. The number of carbonyl (C=O) groups is 1. The Kier molecular flexibility index (Phi) is 5.17. The summed E-state index contributed by atoms with van der Waals surface area (Å²) in [5.41, 5.74) is 5.49. The van der Waals surface area contributed by atoms with Crippen molar-refractivity contribution in [3.63, 3.8) is 0 Å². The standard InChI is InChI=1S/C23H20N2O2S/c1-15-6-9-19(10-7-15)28-14-22(26)24-18-5-3-4-17(13-18)23-25-20-12-16(2)8-11-21(20)27-23/h3-13H,14H2,1-2H3,(H,24,26). The van der Waals surface area contributed by atoms with Crippen LogP contribution in [0.3, 0.4) is 0 Å². The minimum Gasteiger partial charge on any atom is -0.436 e. The minimum atomic E-state index is -0.0454. The summed E-state index contributed by atoms with van der Waals surface area (Å²) in [6.07, 6.45) is 0. The molecule has 0 unspecified atom stereocenters. The largest absolute Gasteiger partial charge is 0.436 e. The number of hydrogen-bond acceptors (Lipinski definition) is 4. The molecule has 0 radical (unpaired) electrons. The number of nitrogens with one attached hydrogen (secondary N) is 1. The van der Waals surface area contributed by atoms with Crippen molar-refractivity contribution in [1.82, 2.24) is 4.98 Å². The maximum atomic E-state index is 12.3. The van der Waals surface area contributed by atoms with E-state index in [-0.39, 0.29) is 5.91 Å². The molecule has 140 valence electrons. The van der Waals surface area contributed by atoms with Crippen LogP contribution in [-0.2, 0) is 4.79 Å². The SMILES string of the molecule is Cc1ccc(SCC(=O)Nc2cccc(-c3nc4cc(C)ccc4o3)c2)cc1. The van der Waals surface area contributed by atoms with Crippen molar-refractivity contribution in [1.29, 1.82) is 0 Å². The molecule has 1 heterocycles. The molecular formula is C23H20N2O2S. The van der Waals surface area contributed by atoms with Gasteiger partial charge in [-0.3, -0.25) is 4.79 Å². The molecular weight excluding hydrogens is 368 g/mol. The van der Waals surface area contributed by atoms with Crippen LogP contribution in [0.1, 0.15) is 11.1 Å². The third-order valence-corrected chi connectivity index (χ3v) is 5.34. The Labute approximate surface area is 168 Å². The first-order valence-electron chi connectivity index (χ1n) is 9.04. The molecule has 5 heteroatoms. The average molecular weight is 388 g/mol. The van der Waals surface area contributed by atoms with Gasteiger partial charge in [0.1, 0.15) is 5.52 Å². The summed E-state index contributed by atoms with van der Waals surface area (Å²) >= 11 is 1.52. The summed E-state index contributed by atoms with van der Waals surface area (Å²) in [6, 6.07) is 21.6.